The lowest BCUT2D eigenvalue weighted by Gasteiger charge is -2.22. The molecule has 0 amide bonds. The average Bonchev–Trinajstić information content (AvgIpc) is 2.57. The summed E-state index contributed by atoms with van der Waals surface area (Å²) in [4.78, 5) is 6.45. The van der Waals surface area contributed by atoms with Crippen molar-refractivity contribution in [3.63, 3.8) is 0 Å². The molecule has 0 aliphatic carbocycles. The van der Waals surface area contributed by atoms with Crippen LogP contribution in [0.25, 0.3) is 0 Å². The van der Waals surface area contributed by atoms with Crippen molar-refractivity contribution in [1.29, 1.82) is 0 Å². The van der Waals surface area contributed by atoms with Gasteiger partial charge < -0.3 is 19.7 Å². The Bertz CT molecular complexity index is 472. The van der Waals surface area contributed by atoms with E-state index in [1.807, 2.05) is 25.3 Å². The van der Waals surface area contributed by atoms with Crippen molar-refractivity contribution in [2.45, 2.75) is 19.4 Å². The fraction of sp³-hybridized carbons (Fsp3) is 0.500. The van der Waals surface area contributed by atoms with Crippen molar-refractivity contribution in [2.24, 2.45) is 4.99 Å². The largest absolute Gasteiger partial charge is 0.491 e. The van der Waals surface area contributed by atoms with Crippen LogP contribution in [-0.2, 0) is 11.3 Å². The number of benzene rings is 1. The van der Waals surface area contributed by atoms with Gasteiger partial charge in [-0.3, -0.25) is 4.99 Å². The minimum Gasteiger partial charge on any atom is -0.491 e. The normalized spacial score (nSPS) is 11.2. The van der Waals surface area contributed by atoms with E-state index in [-0.39, 0.29) is 0 Å². The lowest BCUT2D eigenvalue weighted by molar-refractivity contribution is 0.146. The zero-order valence-electron chi connectivity index (χ0n) is 14.5. The minimum absolute atomic E-state index is 0.566. The molecule has 1 N–H and O–H groups in total. The van der Waals surface area contributed by atoms with E-state index in [1.54, 1.807) is 14.2 Å². The fourth-order valence-corrected chi connectivity index (χ4v) is 2.09. The van der Waals surface area contributed by atoms with Crippen molar-refractivity contribution in [3.05, 3.63) is 42.5 Å². The molecular formula is C18H29N3O2. The van der Waals surface area contributed by atoms with Crippen LogP contribution >= 0.6 is 0 Å². The zero-order chi connectivity index (χ0) is 16.9. The summed E-state index contributed by atoms with van der Waals surface area (Å²) in [5, 5.41) is 3.37. The van der Waals surface area contributed by atoms with E-state index in [1.165, 1.54) is 5.56 Å². The molecule has 1 aromatic rings. The highest BCUT2D eigenvalue weighted by atomic mass is 16.5. The molecule has 0 saturated carbocycles. The number of rotatable bonds is 10. The molecular weight excluding hydrogens is 290 g/mol. The molecule has 0 spiro atoms. The van der Waals surface area contributed by atoms with E-state index in [4.69, 9.17) is 9.47 Å². The van der Waals surface area contributed by atoms with Gasteiger partial charge in [0.2, 0.25) is 0 Å². The molecule has 5 nitrogen and oxygen atoms in total. The van der Waals surface area contributed by atoms with Crippen LogP contribution in [0.2, 0.25) is 0 Å². The van der Waals surface area contributed by atoms with Crippen LogP contribution in [-0.4, -0.2) is 51.8 Å². The summed E-state index contributed by atoms with van der Waals surface area (Å²) < 4.78 is 10.5. The number of ether oxygens (including phenoxy) is 2. The van der Waals surface area contributed by atoms with Gasteiger partial charge in [0.05, 0.1) is 6.61 Å². The number of unbranched alkanes of at least 4 members (excludes halogenated alkanes) is 1. The summed E-state index contributed by atoms with van der Waals surface area (Å²) in [6.45, 7) is 6.60. The Morgan fingerprint density at radius 1 is 1.30 bits per heavy atom. The molecule has 0 aliphatic rings. The van der Waals surface area contributed by atoms with Gasteiger partial charge in [-0.15, -0.1) is 6.58 Å². The van der Waals surface area contributed by atoms with Crippen molar-refractivity contribution in [3.8, 4) is 5.75 Å². The fourth-order valence-electron chi connectivity index (χ4n) is 2.09. The Balaban J connectivity index is 2.41. The molecule has 1 rings (SSSR count). The number of guanidine groups is 1. The minimum atomic E-state index is 0.566. The standard InChI is InChI=1S/C18H29N3O2/c1-5-6-7-12-21(3)18(19-2)20-15-16-8-10-17(11-9-16)23-14-13-22-4/h5,8-11H,1,6-7,12-15H2,2-4H3,(H,19,20). The van der Waals surface area contributed by atoms with Gasteiger partial charge in [0.15, 0.2) is 5.96 Å². The van der Waals surface area contributed by atoms with E-state index in [0.29, 0.717) is 13.2 Å². The van der Waals surface area contributed by atoms with Crippen LogP contribution in [0.5, 0.6) is 5.75 Å². The summed E-state index contributed by atoms with van der Waals surface area (Å²) in [6, 6.07) is 8.06. The number of aliphatic imine (C=N–C) groups is 1. The van der Waals surface area contributed by atoms with Gasteiger partial charge in [-0.1, -0.05) is 18.2 Å². The third-order valence-electron chi connectivity index (χ3n) is 3.41. The lowest BCUT2D eigenvalue weighted by atomic mass is 10.2. The third kappa shape index (κ3) is 7.70. The van der Waals surface area contributed by atoms with E-state index in [2.05, 4.69) is 33.9 Å². The average molecular weight is 319 g/mol. The first kappa shape index (κ1) is 19.0. The van der Waals surface area contributed by atoms with Gasteiger partial charge >= 0.3 is 0 Å². The molecule has 1 aromatic carbocycles. The third-order valence-corrected chi connectivity index (χ3v) is 3.41. The predicted molar refractivity (Wildman–Crippen MR) is 96.1 cm³/mol. The van der Waals surface area contributed by atoms with Crippen LogP contribution < -0.4 is 10.1 Å². The van der Waals surface area contributed by atoms with Gasteiger partial charge in [-0.05, 0) is 30.5 Å². The molecule has 5 heteroatoms. The number of hydrogen-bond acceptors (Lipinski definition) is 3. The molecule has 0 heterocycles. The Hall–Kier alpha value is -2.01. The number of methoxy groups -OCH3 is 1. The first-order valence-corrected chi connectivity index (χ1v) is 7.94. The van der Waals surface area contributed by atoms with E-state index in [9.17, 15) is 0 Å². The number of nitrogens with one attached hydrogen (secondary N) is 1. The number of nitrogens with zero attached hydrogens (tertiary/aromatic N) is 2. The highest BCUT2D eigenvalue weighted by molar-refractivity contribution is 5.79. The zero-order valence-corrected chi connectivity index (χ0v) is 14.5. The van der Waals surface area contributed by atoms with E-state index >= 15 is 0 Å². The Morgan fingerprint density at radius 3 is 2.65 bits per heavy atom. The molecule has 128 valence electrons. The topological polar surface area (TPSA) is 46.1 Å². The first-order valence-electron chi connectivity index (χ1n) is 7.94. The van der Waals surface area contributed by atoms with Gasteiger partial charge in [0, 0.05) is 34.3 Å². The molecule has 0 unspecified atom stereocenters. The molecule has 0 atom stereocenters. The van der Waals surface area contributed by atoms with Gasteiger partial charge in [-0.2, -0.15) is 0 Å². The molecule has 0 fully saturated rings. The summed E-state index contributed by atoms with van der Waals surface area (Å²) in [5.74, 6) is 1.76. The second-order valence-electron chi connectivity index (χ2n) is 5.24. The van der Waals surface area contributed by atoms with E-state index < -0.39 is 0 Å². The summed E-state index contributed by atoms with van der Waals surface area (Å²) >= 11 is 0. The summed E-state index contributed by atoms with van der Waals surface area (Å²) in [7, 11) is 5.52. The number of allylic oxidation sites excluding steroid dienone is 1. The van der Waals surface area contributed by atoms with Crippen LogP contribution in [0, 0.1) is 0 Å². The van der Waals surface area contributed by atoms with Gasteiger partial charge in [-0.25, -0.2) is 0 Å². The Kier molecular flexibility index (Phi) is 9.55. The highest BCUT2D eigenvalue weighted by Crippen LogP contribution is 2.12. The molecule has 0 bridgehead atoms. The van der Waals surface area contributed by atoms with Crippen molar-refractivity contribution >= 4 is 5.96 Å². The van der Waals surface area contributed by atoms with Crippen molar-refractivity contribution < 1.29 is 9.47 Å². The maximum absolute atomic E-state index is 5.56. The Morgan fingerprint density at radius 2 is 2.04 bits per heavy atom. The van der Waals surface area contributed by atoms with Crippen molar-refractivity contribution in [2.75, 3.05) is 41.0 Å². The maximum atomic E-state index is 5.56. The lowest BCUT2D eigenvalue weighted by Crippen LogP contribution is -2.38. The molecule has 0 radical (unpaired) electrons. The summed E-state index contributed by atoms with van der Waals surface area (Å²) in [6.07, 6.45) is 4.04. The molecule has 0 saturated heterocycles. The molecule has 0 aromatic heterocycles. The van der Waals surface area contributed by atoms with Crippen LogP contribution in [0.4, 0.5) is 0 Å². The van der Waals surface area contributed by atoms with Crippen molar-refractivity contribution in [1.82, 2.24) is 10.2 Å². The van der Waals surface area contributed by atoms with Crippen LogP contribution in [0.1, 0.15) is 18.4 Å². The highest BCUT2D eigenvalue weighted by Gasteiger charge is 2.05. The monoisotopic (exact) mass is 319 g/mol. The molecule has 0 aliphatic heterocycles. The second kappa shape index (κ2) is 11.5. The quantitative estimate of drug-likeness (QED) is 0.312. The van der Waals surface area contributed by atoms with Crippen LogP contribution in [0.3, 0.4) is 0 Å². The van der Waals surface area contributed by atoms with Crippen LogP contribution in [0.15, 0.2) is 41.9 Å². The smallest absolute Gasteiger partial charge is 0.193 e. The number of hydrogen-bond donors (Lipinski definition) is 1. The second-order valence-corrected chi connectivity index (χ2v) is 5.24. The van der Waals surface area contributed by atoms with Gasteiger partial charge in [0.1, 0.15) is 12.4 Å². The summed E-state index contributed by atoms with van der Waals surface area (Å²) in [5.41, 5.74) is 1.18. The van der Waals surface area contributed by atoms with Gasteiger partial charge in [0.25, 0.3) is 0 Å². The van der Waals surface area contributed by atoms with E-state index in [0.717, 1.165) is 37.6 Å². The Labute approximate surface area is 140 Å². The maximum Gasteiger partial charge on any atom is 0.193 e. The first-order chi connectivity index (χ1) is 11.2. The molecule has 23 heavy (non-hydrogen) atoms. The predicted octanol–water partition coefficient (Wildman–Crippen LogP) is 2.69. The SMILES string of the molecule is C=CCCCN(C)C(=NC)NCc1ccc(OCCOC)cc1.